The lowest BCUT2D eigenvalue weighted by Gasteiger charge is -2.20. The first kappa shape index (κ1) is 23.6. The molecule has 0 saturated heterocycles. The molecule has 2 aliphatic heterocycles. The van der Waals surface area contributed by atoms with Gasteiger partial charge >= 0.3 is 0 Å². The molecule has 182 valence electrons. The largest absolute Gasteiger partial charge is 0.495 e. The van der Waals surface area contributed by atoms with E-state index < -0.39 is 0 Å². The number of thioether (sulfide) groups is 1. The Morgan fingerprint density at radius 2 is 1.97 bits per heavy atom. The molecule has 8 heteroatoms. The van der Waals surface area contributed by atoms with Gasteiger partial charge in [-0.1, -0.05) is 44.2 Å². The maximum Gasteiger partial charge on any atom is 0.283 e. The van der Waals surface area contributed by atoms with Crippen molar-refractivity contribution in [3.63, 3.8) is 0 Å². The second-order valence-electron chi connectivity index (χ2n) is 9.39. The number of ether oxygens (including phenoxy) is 1. The van der Waals surface area contributed by atoms with Crippen LogP contribution in [-0.2, 0) is 4.79 Å². The van der Waals surface area contributed by atoms with Crippen molar-refractivity contribution in [1.82, 2.24) is 9.58 Å². The van der Waals surface area contributed by atoms with Gasteiger partial charge in [-0.3, -0.25) is 10.2 Å². The van der Waals surface area contributed by atoms with Crippen LogP contribution in [0.4, 0.5) is 0 Å². The molecule has 2 aromatic rings. The Morgan fingerprint density at radius 1 is 1.20 bits per heavy atom. The highest BCUT2D eigenvalue weighted by Crippen LogP contribution is 2.34. The van der Waals surface area contributed by atoms with E-state index in [-0.39, 0.29) is 17.3 Å². The van der Waals surface area contributed by atoms with Gasteiger partial charge < -0.3 is 9.30 Å². The number of methoxy groups -OCH3 is 1. The third-order valence-corrected chi connectivity index (χ3v) is 8.05. The second-order valence-corrected chi connectivity index (χ2v) is 10.4. The maximum absolute atomic E-state index is 12.9. The minimum atomic E-state index is -0.389. The minimum absolute atomic E-state index is 0.0854. The predicted octanol–water partition coefficient (Wildman–Crippen LogP) is 6.08. The Morgan fingerprint density at radius 3 is 2.74 bits per heavy atom. The fourth-order valence-corrected chi connectivity index (χ4v) is 6.11. The number of aromatic nitrogens is 1. The lowest BCUT2D eigenvalue weighted by molar-refractivity contribution is -0.114. The molecular formula is C27H31N5O2S. The van der Waals surface area contributed by atoms with Gasteiger partial charge in [0.2, 0.25) is 5.17 Å². The summed E-state index contributed by atoms with van der Waals surface area (Å²) in [5.41, 5.74) is 4.03. The molecule has 0 spiro atoms. The lowest BCUT2D eigenvalue weighted by atomic mass is 9.86. The van der Waals surface area contributed by atoms with Crippen molar-refractivity contribution < 1.29 is 9.53 Å². The zero-order valence-electron chi connectivity index (χ0n) is 20.5. The Bertz CT molecular complexity index is 1270. The number of nitrogens with one attached hydrogen (secondary N) is 1. The van der Waals surface area contributed by atoms with Crippen LogP contribution in [0.5, 0.6) is 5.75 Å². The van der Waals surface area contributed by atoms with Crippen molar-refractivity contribution in [2.75, 3.05) is 7.11 Å². The first-order chi connectivity index (χ1) is 17.0. The number of aryl methyl sites for hydroxylation is 1. The summed E-state index contributed by atoms with van der Waals surface area (Å²) in [6, 6.07) is 9.87. The summed E-state index contributed by atoms with van der Waals surface area (Å²) < 4.78 is 7.65. The number of amides is 1. The van der Waals surface area contributed by atoms with E-state index in [1.807, 2.05) is 44.2 Å². The zero-order valence-corrected chi connectivity index (χ0v) is 21.3. The van der Waals surface area contributed by atoms with E-state index in [2.05, 4.69) is 14.7 Å². The summed E-state index contributed by atoms with van der Waals surface area (Å²) in [6.45, 7) is 4.02. The third-order valence-electron chi connectivity index (χ3n) is 7.08. The van der Waals surface area contributed by atoms with Crippen LogP contribution in [0.2, 0.25) is 0 Å². The standard InChI is InChI=1S/C27H31N5O2S/c1-17-15-20(18(2)31(17)22-11-7-8-12-23(22)34-3)16-21-25(28)32-27(29-26(21)33)35-24(30-32)14-13-19-9-5-4-6-10-19/h7-8,11-12,15-16,19,28H,4-6,9-10,13-14H2,1-3H3/b21-16+,28-25?. The topological polar surface area (TPSA) is 83.0 Å². The first-order valence-corrected chi connectivity index (χ1v) is 13.1. The number of fused-ring (bicyclic) bond motifs is 1. The van der Waals surface area contributed by atoms with Crippen LogP contribution in [0.25, 0.3) is 11.8 Å². The summed E-state index contributed by atoms with van der Waals surface area (Å²) >= 11 is 1.43. The molecule has 0 atom stereocenters. The Hall–Kier alpha value is -3.13. The molecule has 1 aliphatic carbocycles. The minimum Gasteiger partial charge on any atom is -0.495 e. The normalized spacial score (nSPS) is 19.7. The highest BCUT2D eigenvalue weighted by atomic mass is 32.2. The molecule has 1 fully saturated rings. The quantitative estimate of drug-likeness (QED) is 0.498. The van der Waals surface area contributed by atoms with E-state index in [0.29, 0.717) is 5.17 Å². The van der Waals surface area contributed by atoms with Gasteiger partial charge in [0.05, 0.1) is 18.4 Å². The van der Waals surface area contributed by atoms with Crippen LogP contribution in [0.15, 0.2) is 46.0 Å². The van der Waals surface area contributed by atoms with Crippen LogP contribution >= 0.6 is 11.8 Å². The van der Waals surface area contributed by atoms with Gasteiger partial charge in [-0.2, -0.15) is 15.1 Å². The van der Waals surface area contributed by atoms with Crippen molar-refractivity contribution in [1.29, 1.82) is 5.41 Å². The number of rotatable bonds is 6. The Kier molecular flexibility index (Phi) is 6.65. The number of hydrogen-bond donors (Lipinski definition) is 1. The number of amidine groups is 2. The molecule has 1 N–H and O–H groups in total. The van der Waals surface area contributed by atoms with Crippen molar-refractivity contribution in [3.05, 3.63) is 52.9 Å². The van der Waals surface area contributed by atoms with Crippen LogP contribution < -0.4 is 4.74 Å². The number of para-hydroxylation sites is 2. The van der Waals surface area contributed by atoms with Gasteiger partial charge in [-0.05, 0) is 74.2 Å². The van der Waals surface area contributed by atoms with E-state index in [1.165, 1.54) is 48.9 Å². The predicted molar refractivity (Wildman–Crippen MR) is 143 cm³/mol. The molecule has 1 aromatic heterocycles. The van der Waals surface area contributed by atoms with E-state index >= 15 is 0 Å². The van der Waals surface area contributed by atoms with E-state index in [9.17, 15) is 4.79 Å². The third kappa shape index (κ3) is 4.59. The second kappa shape index (κ2) is 9.85. The Labute approximate surface area is 210 Å². The van der Waals surface area contributed by atoms with Gasteiger partial charge in [-0.15, -0.1) is 0 Å². The number of hydrogen-bond acceptors (Lipinski definition) is 5. The average molecular weight is 490 g/mol. The molecule has 3 heterocycles. The molecule has 1 aromatic carbocycles. The van der Waals surface area contributed by atoms with E-state index in [0.717, 1.165) is 52.2 Å². The Balaban J connectivity index is 1.39. The maximum atomic E-state index is 12.9. The summed E-state index contributed by atoms with van der Waals surface area (Å²) in [6.07, 6.45) is 10.4. The molecule has 35 heavy (non-hydrogen) atoms. The monoisotopic (exact) mass is 489 g/mol. The van der Waals surface area contributed by atoms with E-state index in [4.69, 9.17) is 10.1 Å². The summed E-state index contributed by atoms with van der Waals surface area (Å²) in [5.74, 6) is 1.23. The SMILES string of the molecule is COc1ccccc1-n1c(C)cc(/C=C2\C(=N)N3N=C(CCC4CCCCC4)SC3=NC2=O)c1C. The zero-order chi connectivity index (χ0) is 24.5. The molecule has 3 aliphatic rings. The van der Waals surface area contributed by atoms with E-state index in [1.54, 1.807) is 13.2 Å². The molecule has 0 unspecified atom stereocenters. The van der Waals surface area contributed by atoms with Crippen LogP contribution in [0, 0.1) is 25.2 Å². The number of aliphatic imine (C=N–C) groups is 1. The van der Waals surface area contributed by atoms with Gasteiger partial charge in [0, 0.05) is 11.4 Å². The van der Waals surface area contributed by atoms with Gasteiger partial charge in [0.1, 0.15) is 10.8 Å². The van der Waals surface area contributed by atoms with Crippen molar-refractivity contribution >= 4 is 39.8 Å². The van der Waals surface area contributed by atoms with Gasteiger partial charge in [0.15, 0.2) is 5.84 Å². The highest BCUT2D eigenvalue weighted by Gasteiger charge is 2.36. The van der Waals surface area contributed by atoms with Crippen molar-refractivity contribution in [2.45, 2.75) is 58.8 Å². The number of carbonyl (C=O) groups excluding carboxylic acids is 1. The molecule has 1 saturated carbocycles. The average Bonchev–Trinajstić information content (AvgIpc) is 3.40. The van der Waals surface area contributed by atoms with Crippen molar-refractivity contribution in [2.24, 2.45) is 16.0 Å². The van der Waals surface area contributed by atoms with Crippen LogP contribution in [-0.4, -0.2) is 38.6 Å². The molecule has 0 bridgehead atoms. The molecule has 5 rings (SSSR count). The summed E-state index contributed by atoms with van der Waals surface area (Å²) in [7, 11) is 1.66. The van der Waals surface area contributed by atoms with Gasteiger partial charge in [0.25, 0.3) is 5.91 Å². The lowest BCUT2D eigenvalue weighted by Crippen LogP contribution is -2.35. The first-order valence-electron chi connectivity index (χ1n) is 12.3. The summed E-state index contributed by atoms with van der Waals surface area (Å²) in [5, 5.41) is 16.4. The number of benzene rings is 1. The highest BCUT2D eigenvalue weighted by molar-refractivity contribution is 8.26. The number of hydrazone groups is 1. The number of nitrogens with zero attached hydrogens (tertiary/aromatic N) is 4. The molecular weight excluding hydrogens is 458 g/mol. The molecule has 1 amide bonds. The van der Waals surface area contributed by atoms with Crippen LogP contribution in [0.3, 0.4) is 0 Å². The number of carbonyl (C=O) groups is 1. The molecule has 0 radical (unpaired) electrons. The fourth-order valence-electron chi connectivity index (χ4n) is 5.21. The van der Waals surface area contributed by atoms with Crippen molar-refractivity contribution in [3.8, 4) is 11.4 Å². The summed E-state index contributed by atoms with van der Waals surface area (Å²) in [4.78, 5) is 17.2. The molecule has 7 nitrogen and oxygen atoms in total. The van der Waals surface area contributed by atoms with Crippen LogP contribution in [0.1, 0.15) is 61.9 Å². The fraction of sp³-hybridized carbons (Fsp3) is 0.407. The smallest absolute Gasteiger partial charge is 0.283 e. The van der Waals surface area contributed by atoms with Gasteiger partial charge in [-0.25, -0.2) is 0 Å².